The molecular weight excluding hydrogens is 634 g/mol. The number of aromatic nitrogens is 3. The molecule has 2 amide bonds. The summed E-state index contributed by atoms with van der Waals surface area (Å²) < 4.78 is 31.4. The second-order valence-corrected chi connectivity index (χ2v) is 12.8. The molecule has 5 rings (SSSR count). The number of benzene rings is 2. The lowest BCUT2D eigenvalue weighted by atomic mass is 9.95. The molecule has 1 atom stereocenters. The van der Waals surface area contributed by atoms with Crippen LogP contribution in [0.4, 0.5) is 9.39 Å². The van der Waals surface area contributed by atoms with Gasteiger partial charge in [0.15, 0.2) is 22.5 Å². The molecule has 0 radical (unpaired) electrons. The van der Waals surface area contributed by atoms with E-state index in [2.05, 4.69) is 20.8 Å². The summed E-state index contributed by atoms with van der Waals surface area (Å²) in [4.78, 5) is 40.4. The molecule has 4 aromatic rings. The van der Waals surface area contributed by atoms with Gasteiger partial charge in [0.05, 0.1) is 38.2 Å². The lowest BCUT2D eigenvalue weighted by Crippen LogP contribution is -2.25. The molecule has 2 aromatic carbocycles. The zero-order chi connectivity index (χ0) is 32.8. The van der Waals surface area contributed by atoms with Crippen molar-refractivity contribution in [1.29, 1.82) is 0 Å². The number of aryl methyl sites for hydroxylation is 1. The quantitative estimate of drug-likeness (QED) is 0.147. The number of carbonyl (C=O) groups excluding carboxylic acids is 3. The number of anilines is 1. The molecular formula is C32H34FN5O6S2. The molecule has 0 fully saturated rings. The fourth-order valence-electron chi connectivity index (χ4n) is 5.08. The normalized spacial score (nSPS) is 13.0. The SMILES string of the molecule is CCOC(=O)c1c(NC(=O)[C@H](C)Sc2nnc(CNC(=O)c3ccc(OC)c(OC)c3)n2-c2ccc(F)cc2)sc2c1CCCC2. The minimum Gasteiger partial charge on any atom is -0.493 e. The van der Waals surface area contributed by atoms with Gasteiger partial charge in [0.25, 0.3) is 5.91 Å². The first-order valence-corrected chi connectivity index (χ1v) is 16.4. The predicted octanol–water partition coefficient (Wildman–Crippen LogP) is 5.59. The Labute approximate surface area is 273 Å². The number of amides is 2. The van der Waals surface area contributed by atoms with Crippen molar-refractivity contribution in [3.8, 4) is 17.2 Å². The maximum Gasteiger partial charge on any atom is 0.341 e. The number of rotatable bonds is 12. The van der Waals surface area contributed by atoms with Gasteiger partial charge >= 0.3 is 5.97 Å². The topological polar surface area (TPSA) is 134 Å². The summed E-state index contributed by atoms with van der Waals surface area (Å²) in [6.07, 6.45) is 3.64. The van der Waals surface area contributed by atoms with Crippen molar-refractivity contribution < 1.29 is 33.0 Å². The van der Waals surface area contributed by atoms with Crippen molar-refractivity contribution >= 4 is 45.9 Å². The molecule has 2 heterocycles. The number of carbonyl (C=O) groups is 3. The van der Waals surface area contributed by atoms with Crippen LogP contribution in [0.3, 0.4) is 0 Å². The van der Waals surface area contributed by atoms with E-state index in [0.29, 0.717) is 44.3 Å². The minimum atomic E-state index is -0.660. The highest BCUT2D eigenvalue weighted by atomic mass is 32.2. The number of nitrogens with one attached hydrogen (secondary N) is 2. The predicted molar refractivity (Wildman–Crippen MR) is 173 cm³/mol. The number of halogens is 1. The van der Waals surface area contributed by atoms with E-state index in [1.54, 1.807) is 48.7 Å². The monoisotopic (exact) mass is 667 g/mol. The Balaban J connectivity index is 1.36. The molecule has 11 nitrogen and oxygen atoms in total. The van der Waals surface area contributed by atoms with Gasteiger partial charge in [0.1, 0.15) is 10.8 Å². The van der Waals surface area contributed by atoms with Crippen LogP contribution in [-0.2, 0) is 28.9 Å². The van der Waals surface area contributed by atoms with E-state index < -0.39 is 17.0 Å². The molecule has 46 heavy (non-hydrogen) atoms. The Bertz CT molecular complexity index is 1740. The van der Waals surface area contributed by atoms with Crippen LogP contribution in [0.5, 0.6) is 11.5 Å². The smallest absolute Gasteiger partial charge is 0.341 e. The molecule has 1 aliphatic carbocycles. The van der Waals surface area contributed by atoms with Crippen molar-refractivity contribution in [2.45, 2.75) is 56.5 Å². The number of thiophene rings is 1. The van der Waals surface area contributed by atoms with E-state index in [4.69, 9.17) is 14.2 Å². The van der Waals surface area contributed by atoms with Crippen molar-refractivity contribution in [2.24, 2.45) is 0 Å². The van der Waals surface area contributed by atoms with E-state index in [9.17, 15) is 18.8 Å². The van der Waals surface area contributed by atoms with Crippen LogP contribution < -0.4 is 20.1 Å². The van der Waals surface area contributed by atoms with Gasteiger partial charge in [-0.2, -0.15) is 0 Å². The van der Waals surface area contributed by atoms with Gasteiger partial charge < -0.3 is 24.8 Å². The standard InChI is InChI=1S/C32H34FN5O6S2/c1-5-44-31(41)27-22-8-6-7-9-25(22)46-30(27)35-28(39)18(2)45-32-37-36-26(38(32)21-13-11-20(33)12-14-21)17-34-29(40)19-10-15-23(42-3)24(16-19)43-4/h10-16,18H,5-9,17H2,1-4H3,(H,34,40)(H,35,39)/t18-/m0/s1. The van der Waals surface area contributed by atoms with Gasteiger partial charge in [-0.15, -0.1) is 21.5 Å². The van der Waals surface area contributed by atoms with Crippen molar-refractivity contribution in [1.82, 2.24) is 20.1 Å². The average molecular weight is 668 g/mol. The second kappa shape index (κ2) is 14.8. The molecule has 0 spiro atoms. The Hall–Kier alpha value is -4.43. The molecule has 14 heteroatoms. The van der Waals surface area contributed by atoms with Crippen LogP contribution in [0.2, 0.25) is 0 Å². The molecule has 0 saturated carbocycles. The highest BCUT2D eigenvalue weighted by Crippen LogP contribution is 2.39. The van der Waals surface area contributed by atoms with Gasteiger partial charge in [-0.25, -0.2) is 9.18 Å². The van der Waals surface area contributed by atoms with Gasteiger partial charge in [-0.3, -0.25) is 14.2 Å². The number of hydrogen-bond acceptors (Lipinski definition) is 10. The van der Waals surface area contributed by atoms with E-state index in [-0.39, 0.29) is 25.0 Å². The minimum absolute atomic E-state index is 0.0116. The molecule has 242 valence electrons. The third kappa shape index (κ3) is 7.18. The van der Waals surface area contributed by atoms with Crippen molar-refractivity contribution in [3.63, 3.8) is 0 Å². The number of ether oxygens (including phenoxy) is 3. The first-order valence-electron chi connectivity index (χ1n) is 14.7. The summed E-state index contributed by atoms with van der Waals surface area (Å²) >= 11 is 2.56. The lowest BCUT2D eigenvalue weighted by molar-refractivity contribution is -0.115. The third-order valence-electron chi connectivity index (χ3n) is 7.38. The maximum absolute atomic E-state index is 13.8. The molecule has 1 aliphatic rings. The van der Waals surface area contributed by atoms with Crippen LogP contribution in [0.25, 0.3) is 5.69 Å². The van der Waals surface area contributed by atoms with Crippen molar-refractivity contribution in [3.05, 3.63) is 75.7 Å². The first-order chi connectivity index (χ1) is 22.2. The van der Waals surface area contributed by atoms with Gasteiger partial charge in [0, 0.05) is 16.1 Å². The summed E-state index contributed by atoms with van der Waals surface area (Å²) in [5, 5.41) is 14.6. The lowest BCUT2D eigenvalue weighted by Gasteiger charge is -2.15. The second-order valence-electron chi connectivity index (χ2n) is 10.3. The third-order valence-corrected chi connectivity index (χ3v) is 9.63. The molecule has 2 aromatic heterocycles. The van der Waals surface area contributed by atoms with Crippen molar-refractivity contribution in [2.75, 3.05) is 26.1 Å². The molecule has 0 unspecified atom stereocenters. The van der Waals surface area contributed by atoms with Crippen LogP contribution in [0, 0.1) is 5.82 Å². The zero-order valence-electron chi connectivity index (χ0n) is 25.8. The fraction of sp³-hybridized carbons (Fsp3) is 0.344. The number of fused-ring (bicyclic) bond motifs is 1. The summed E-state index contributed by atoms with van der Waals surface area (Å²) in [5.74, 6) is -0.297. The molecule has 0 bridgehead atoms. The number of esters is 1. The van der Waals surface area contributed by atoms with Gasteiger partial charge in [0.2, 0.25) is 5.91 Å². The van der Waals surface area contributed by atoms with E-state index in [0.717, 1.165) is 47.9 Å². The Morgan fingerprint density at radius 3 is 2.50 bits per heavy atom. The highest BCUT2D eigenvalue weighted by molar-refractivity contribution is 8.00. The summed E-state index contributed by atoms with van der Waals surface area (Å²) in [5.41, 5.74) is 2.30. The number of hydrogen-bond donors (Lipinski definition) is 2. The molecule has 0 saturated heterocycles. The average Bonchev–Trinajstić information content (AvgIpc) is 3.64. The van der Waals surface area contributed by atoms with Crippen LogP contribution in [0.15, 0.2) is 47.6 Å². The fourth-order valence-corrected chi connectivity index (χ4v) is 7.24. The molecule has 0 aliphatic heterocycles. The number of methoxy groups -OCH3 is 2. The summed E-state index contributed by atoms with van der Waals surface area (Å²) in [6, 6.07) is 10.6. The number of nitrogens with zero attached hydrogens (tertiary/aromatic N) is 3. The van der Waals surface area contributed by atoms with E-state index >= 15 is 0 Å². The Morgan fingerprint density at radius 1 is 1.04 bits per heavy atom. The summed E-state index contributed by atoms with van der Waals surface area (Å²) in [6.45, 7) is 3.70. The van der Waals surface area contributed by atoms with E-state index in [1.807, 2.05) is 0 Å². The largest absolute Gasteiger partial charge is 0.493 e. The Kier molecular flexibility index (Phi) is 10.6. The zero-order valence-corrected chi connectivity index (χ0v) is 27.5. The molecule has 2 N–H and O–H groups in total. The Morgan fingerprint density at radius 2 is 1.78 bits per heavy atom. The van der Waals surface area contributed by atoms with Gasteiger partial charge in [-0.05, 0) is 87.6 Å². The number of thioether (sulfide) groups is 1. The first kappa shape index (κ1) is 32.9. The summed E-state index contributed by atoms with van der Waals surface area (Å²) in [7, 11) is 2.99. The van der Waals surface area contributed by atoms with Crippen LogP contribution in [-0.4, -0.2) is 58.6 Å². The van der Waals surface area contributed by atoms with E-state index in [1.165, 1.54) is 37.7 Å². The highest BCUT2D eigenvalue weighted by Gasteiger charge is 2.29. The maximum atomic E-state index is 13.8. The van der Waals surface area contributed by atoms with Crippen LogP contribution >= 0.6 is 23.1 Å². The van der Waals surface area contributed by atoms with Gasteiger partial charge in [-0.1, -0.05) is 11.8 Å². The van der Waals surface area contributed by atoms with Crippen LogP contribution in [0.1, 0.15) is 63.7 Å².